The molecule has 0 saturated heterocycles. The standard InChI is InChI=1S/C17H20O3S/c1-13-11-14(2)17(15(3)12-13)20-21(18,19)10-9-16-7-5-4-6-8-16/h4-8,11-12H,9-10H2,1-3H3. The van der Waals surface area contributed by atoms with Crippen LogP contribution in [0.15, 0.2) is 42.5 Å². The quantitative estimate of drug-likeness (QED) is 0.793. The Bertz CT molecular complexity index is 696. The topological polar surface area (TPSA) is 43.4 Å². The van der Waals surface area contributed by atoms with Gasteiger partial charge < -0.3 is 4.18 Å². The molecule has 0 aliphatic rings. The zero-order chi connectivity index (χ0) is 15.5. The minimum Gasteiger partial charge on any atom is -0.382 e. The summed E-state index contributed by atoms with van der Waals surface area (Å²) in [6.45, 7) is 5.71. The van der Waals surface area contributed by atoms with Crippen molar-refractivity contribution in [3.05, 3.63) is 64.7 Å². The molecule has 0 aromatic heterocycles. The van der Waals surface area contributed by atoms with Crippen LogP contribution in [0.5, 0.6) is 5.75 Å². The van der Waals surface area contributed by atoms with Crippen molar-refractivity contribution in [2.24, 2.45) is 0 Å². The predicted octanol–water partition coefficient (Wildman–Crippen LogP) is 3.56. The second kappa shape index (κ2) is 6.31. The lowest BCUT2D eigenvalue weighted by molar-refractivity contribution is 0.481. The summed E-state index contributed by atoms with van der Waals surface area (Å²) in [5, 5.41) is 0. The van der Waals surface area contributed by atoms with Gasteiger partial charge in [-0.05, 0) is 43.9 Å². The van der Waals surface area contributed by atoms with Gasteiger partial charge in [-0.2, -0.15) is 8.42 Å². The minimum absolute atomic E-state index is 0.0240. The van der Waals surface area contributed by atoms with Gasteiger partial charge in [0.15, 0.2) is 0 Å². The van der Waals surface area contributed by atoms with E-state index in [0.29, 0.717) is 12.2 Å². The van der Waals surface area contributed by atoms with E-state index in [9.17, 15) is 8.42 Å². The van der Waals surface area contributed by atoms with Gasteiger partial charge in [-0.25, -0.2) is 0 Å². The molecule has 2 aromatic carbocycles. The Kier molecular flexibility index (Phi) is 4.68. The third-order valence-corrected chi connectivity index (χ3v) is 4.42. The molecule has 21 heavy (non-hydrogen) atoms. The van der Waals surface area contributed by atoms with E-state index < -0.39 is 10.1 Å². The molecule has 0 atom stereocenters. The summed E-state index contributed by atoms with van der Waals surface area (Å²) in [4.78, 5) is 0. The monoisotopic (exact) mass is 304 g/mol. The first-order chi connectivity index (χ1) is 9.87. The lowest BCUT2D eigenvalue weighted by Crippen LogP contribution is -2.16. The van der Waals surface area contributed by atoms with Crippen LogP contribution in [-0.4, -0.2) is 14.2 Å². The van der Waals surface area contributed by atoms with E-state index in [0.717, 1.165) is 22.3 Å². The number of hydrogen-bond acceptors (Lipinski definition) is 3. The molecule has 0 unspecified atom stereocenters. The lowest BCUT2D eigenvalue weighted by Gasteiger charge is -2.13. The summed E-state index contributed by atoms with van der Waals surface area (Å²) in [6, 6.07) is 13.4. The van der Waals surface area contributed by atoms with Gasteiger partial charge in [-0.1, -0.05) is 48.0 Å². The number of rotatable bonds is 5. The molecule has 0 spiro atoms. The van der Waals surface area contributed by atoms with Crippen molar-refractivity contribution in [2.45, 2.75) is 27.2 Å². The van der Waals surface area contributed by atoms with Crippen LogP contribution in [0.25, 0.3) is 0 Å². The summed E-state index contributed by atoms with van der Waals surface area (Å²) in [7, 11) is -3.59. The molecule has 0 saturated carbocycles. The van der Waals surface area contributed by atoms with E-state index in [-0.39, 0.29) is 5.75 Å². The average Bonchev–Trinajstić information content (AvgIpc) is 2.42. The molecule has 0 aliphatic carbocycles. The van der Waals surface area contributed by atoms with Gasteiger partial charge in [0, 0.05) is 0 Å². The minimum atomic E-state index is -3.59. The highest BCUT2D eigenvalue weighted by Crippen LogP contribution is 2.26. The van der Waals surface area contributed by atoms with Gasteiger partial charge in [0.05, 0.1) is 5.75 Å². The first-order valence-electron chi connectivity index (χ1n) is 6.91. The molecule has 0 amide bonds. The highest BCUT2D eigenvalue weighted by Gasteiger charge is 2.16. The highest BCUT2D eigenvalue weighted by molar-refractivity contribution is 7.87. The first kappa shape index (κ1) is 15.6. The van der Waals surface area contributed by atoms with E-state index in [1.807, 2.05) is 63.2 Å². The Labute approximate surface area is 126 Å². The molecular weight excluding hydrogens is 284 g/mol. The SMILES string of the molecule is Cc1cc(C)c(OS(=O)(=O)CCc2ccccc2)c(C)c1. The molecule has 0 aliphatic heterocycles. The van der Waals surface area contributed by atoms with E-state index in [4.69, 9.17) is 4.18 Å². The van der Waals surface area contributed by atoms with Crippen molar-refractivity contribution < 1.29 is 12.6 Å². The second-order valence-corrected chi connectivity index (χ2v) is 7.00. The molecule has 2 aromatic rings. The fourth-order valence-corrected chi connectivity index (χ4v) is 3.44. The fraction of sp³-hybridized carbons (Fsp3) is 0.294. The van der Waals surface area contributed by atoms with E-state index in [1.54, 1.807) is 0 Å². The second-order valence-electron chi connectivity index (χ2n) is 5.31. The largest absolute Gasteiger partial charge is 0.382 e. The van der Waals surface area contributed by atoms with Crippen LogP contribution < -0.4 is 4.18 Å². The lowest BCUT2D eigenvalue weighted by atomic mass is 10.1. The Balaban J connectivity index is 2.11. The average molecular weight is 304 g/mol. The van der Waals surface area contributed by atoms with Crippen LogP contribution in [0, 0.1) is 20.8 Å². The smallest absolute Gasteiger partial charge is 0.309 e. The highest BCUT2D eigenvalue weighted by atomic mass is 32.2. The molecule has 3 nitrogen and oxygen atoms in total. The van der Waals surface area contributed by atoms with Gasteiger partial charge in [-0.3, -0.25) is 0 Å². The van der Waals surface area contributed by atoms with Crippen molar-refractivity contribution in [2.75, 3.05) is 5.75 Å². The van der Waals surface area contributed by atoms with Gasteiger partial charge in [0.1, 0.15) is 5.75 Å². The van der Waals surface area contributed by atoms with Gasteiger partial charge >= 0.3 is 10.1 Å². The molecule has 0 N–H and O–H groups in total. The number of aryl methyl sites for hydroxylation is 4. The van der Waals surface area contributed by atoms with Crippen LogP contribution in [0.1, 0.15) is 22.3 Å². The van der Waals surface area contributed by atoms with Crippen molar-refractivity contribution in [1.82, 2.24) is 0 Å². The molecule has 4 heteroatoms. The Morgan fingerprint density at radius 1 is 0.952 bits per heavy atom. The third kappa shape index (κ3) is 4.33. The summed E-state index contributed by atoms with van der Waals surface area (Å²) < 4.78 is 29.6. The van der Waals surface area contributed by atoms with Crippen LogP contribution in [-0.2, 0) is 16.5 Å². The summed E-state index contributed by atoms with van der Waals surface area (Å²) in [5.41, 5.74) is 3.77. The molecule has 0 bridgehead atoms. The maximum atomic E-state index is 12.1. The van der Waals surface area contributed by atoms with Gasteiger partial charge in [-0.15, -0.1) is 0 Å². The van der Waals surface area contributed by atoms with Crippen molar-refractivity contribution >= 4 is 10.1 Å². The van der Waals surface area contributed by atoms with Crippen LogP contribution in [0.3, 0.4) is 0 Å². The zero-order valence-electron chi connectivity index (χ0n) is 12.6. The summed E-state index contributed by atoms with van der Waals surface area (Å²) in [5.74, 6) is 0.428. The fourth-order valence-electron chi connectivity index (χ4n) is 2.35. The maximum Gasteiger partial charge on any atom is 0.309 e. The van der Waals surface area contributed by atoms with Crippen molar-refractivity contribution in [3.63, 3.8) is 0 Å². The molecule has 0 radical (unpaired) electrons. The Hall–Kier alpha value is -1.81. The normalized spacial score (nSPS) is 11.4. The molecule has 0 heterocycles. The first-order valence-corrected chi connectivity index (χ1v) is 8.49. The zero-order valence-corrected chi connectivity index (χ0v) is 13.4. The summed E-state index contributed by atoms with van der Waals surface area (Å²) >= 11 is 0. The molecule has 2 rings (SSSR count). The third-order valence-electron chi connectivity index (χ3n) is 3.30. The summed E-state index contributed by atoms with van der Waals surface area (Å²) in [6.07, 6.45) is 0.452. The van der Waals surface area contributed by atoms with E-state index in [2.05, 4.69) is 0 Å². The van der Waals surface area contributed by atoms with Crippen LogP contribution in [0.4, 0.5) is 0 Å². The van der Waals surface area contributed by atoms with Gasteiger partial charge in [0.2, 0.25) is 0 Å². The van der Waals surface area contributed by atoms with Crippen LogP contribution in [0.2, 0.25) is 0 Å². The van der Waals surface area contributed by atoms with Crippen LogP contribution >= 0.6 is 0 Å². The Morgan fingerprint density at radius 2 is 1.52 bits per heavy atom. The number of hydrogen-bond donors (Lipinski definition) is 0. The van der Waals surface area contributed by atoms with E-state index in [1.165, 1.54) is 0 Å². The van der Waals surface area contributed by atoms with E-state index >= 15 is 0 Å². The van der Waals surface area contributed by atoms with Crippen molar-refractivity contribution in [1.29, 1.82) is 0 Å². The Morgan fingerprint density at radius 3 is 2.10 bits per heavy atom. The van der Waals surface area contributed by atoms with Crippen molar-refractivity contribution in [3.8, 4) is 5.75 Å². The maximum absolute atomic E-state index is 12.1. The molecule has 112 valence electrons. The number of benzene rings is 2. The molecule has 0 fully saturated rings. The predicted molar refractivity (Wildman–Crippen MR) is 85.2 cm³/mol. The van der Waals surface area contributed by atoms with Gasteiger partial charge in [0.25, 0.3) is 0 Å². The molecular formula is C17H20O3S.